The number of piperidine rings is 2. The summed E-state index contributed by atoms with van der Waals surface area (Å²) in [6.07, 6.45) is 5.06. The standard InChI is InChI=1S/C25H33N3O/c1-19-6-3-7-20(16-19)17-23-9-4-10-24(26-23)22-8-5-13-28(18-22)25(29)21-11-14-27(2)15-12-21/h3-4,6-7,9-10,16,21-22H,5,8,11-15,17-18H2,1-2H3. The number of hydrogen-bond acceptors (Lipinski definition) is 3. The third kappa shape index (κ3) is 5.05. The minimum Gasteiger partial charge on any atom is -0.342 e. The number of benzene rings is 1. The maximum Gasteiger partial charge on any atom is 0.225 e. The molecule has 1 aromatic carbocycles. The minimum absolute atomic E-state index is 0.213. The molecule has 4 nitrogen and oxygen atoms in total. The lowest BCUT2D eigenvalue weighted by Gasteiger charge is -2.37. The molecular weight excluding hydrogens is 358 g/mol. The van der Waals surface area contributed by atoms with Crippen molar-refractivity contribution in [2.45, 2.75) is 44.9 Å². The van der Waals surface area contributed by atoms with Crippen LogP contribution in [0.5, 0.6) is 0 Å². The average Bonchev–Trinajstić information content (AvgIpc) is 2.74. The molecular formula is C25H33N3O. The van der Waals surface area contributed by atoms with Crippen molar-refractivity contribution >= 4 is 5.91 Å². The number of rotatable bonds is 4. The van der Waals surface area contributed by atoms with E-state index in [-0.39, 0.29) is 5.92 Å². The normalized spacial score (nSPS) is 21.3. The van der Waals surface area contributed by atoms with E-state index in [1.165, 1.54) is 11.1 Å². The van der Waals surface area contributed by atoms with E-state index >= 15 is 0 Å². The first-order valence-corrected chi connectivity index (χ1v) is 11.1. The molecule has 0 N–H and O–H groups in total. The van der Waals surface area contributed by atoms with Crippen molar-refractivity contribution in [1.82, 2.24) is 14.8 Å². The molecule has 1 atom stereocenters. The van der Waals surface area contributed by atoms with E-state index in [4.69, 9.17) is 4.98 Å². The van der Waals surface area contributed by atoms with Gasteiger partial charge in [-0.15, -0.1) is 0 Å². The fourth-order valence-corrected chi connectivity index (χ4v) is 4.79. The lowest BCUT2D eigenvalue weighted by molar-refractivity contribution is -0.138. The summed E-state index contributed by atoms with van der Waals surface area (Å²) >= 11 is 0. The summed E-state index contributed by atoms with van der Waals surface area (Å²) in [6.45, 7) is 5.94. The predicted molar refractivity (Wildman–Crippen MR) is 117 cm³/mol. The molecule has 4 rings (SSSR count). The van der Waals surface area contributed by atoms with Crippen molar-refractivity contribution in [2.24, 2.45) is 5.92 Å². The van der Waals surface area contributed by atoms with Crippen molar-refractivity contribution in [2.75, 3.05) is 33.2 Å². The molecule has 2 saturated heterocycles. The van der Waals surface area contributed by atoms with Crippen LogP contribution in [0.4, 0.5) is 0 Å². The molecule has 154 valence electrons. The van der Waals surface area contributed by atoms with Crippen LogP contribution in [0.25, 0.3) is 0 Å². The summed E-state index contributed by atoms with van der Waals surface area (Å²) in [5, 5.41) is 0. The van der Waals surface area contributed by atoms with E-state index in [9.17, 15) is 4.79 Å². The molecule has 2 aliphatic heterocycles. The third-order valence-corrected chi connectivity index (χ3v) is 6.52. The summed E-state index contributed by atoms with van der Waals surface area (Å²) in [5.41, 5.74) is 4.86. The largest absolute Gasteiger partial charge is 0.342 e. The van der Waals surface area contributed by atoms with Gasteiger partial charge < -0.3 is 9.80 Å². The third-order valence-electron chi connectivity index (χ3n) is 6.52. The van der Waals surface area contributed by atoms with Crippen molar-refractivity contribution < 1.29 is 4.79 Å². The van der Waals surface area contributed by atoms with Crippen LogP contribution < -0.4 is 0 Å². The van der Waals surface area contributed by atoms with Gasteiger partial charge in [0, 0.05) is 42.7 Å². The van der Waals surface area contributed by atoms with Gasteiger partial charge in [-0.2, -0.15) is 0 Å². The van der Waals surface area contributed by atoms with Gasteiger partial charge in [0.25, 0.3) is 0 Å². The number of carbonyl (C=O) groups excluding carboxylic acids is 1. The number of amides is 1. The van der Waals surface area contributed by atoms with Crippen LogP contribution in [0.15, 0.2) is 42.5 Å². The zero-order valence-corrected chi connectivity index (χ0v) is 17.8. The zero-order valence-electron chi connectivity index (χ0n) is 17.8. The van der Waals surface area contributed by atoms with Crippen molar-refractivity contribution in [3.05, 3.63) is 65.0 Å². The minimum atomic E-state index is 0.213. The molecule has 1 unspecified atom stereocenters. The highest BCUT2D eigenvalue weighted by Gasteiger charge is 2.31. The SMILES string of the molecule is Cc1cccc(Cc2cccc(C3CCCN(C(=O)C4CCN(C)CC4)C3)n2)c1. The topological polar surface area (TPSA) is 36.4 Å². The fraction of sp³-hybridized carbons (Fsp3) is 0.520. The Kier molecular flexibility index (Phi) is 6.29. The second-order valence-corrected chi connectivity index (χ2v) is 8.92. The lowest BCUT2D eigenvalue weighted by Crippen LogP contribution is -2.45. The highest BCUT2D eigenvalue weighted by Crippen LogP contribution is 2.28. The first-order valence-electron chi connectivity index (χ1n) is 11.1. The molecule has 0 saturated carbocycles. The van der Waals surface area contributed by atoms with Crippen LogP contribution in [0.1, 0.15) is 54.1 Å². The number of aromatic nitrogens is 1. The summed E-state index contributed by atoms with van der Waals surface area (Å²) in [4.78, 5) is 22.5. The summed E-state index contributed by atoms with van der Waals surface area (Å²) < 4.78 is 0. The Bertz CT molecular complexity index is 841. The first-order chi connectivity index (χ1) is 14.1. The van der Waals surface area contributed by atoms with E-state index in [1.807, 2.05) is 0 Å². The van der Waals surface area contributed by atoms with Crippen molar-refractivity contribution in [3.8, 4) is 0 Å². The maximum absolute atomic E-state index is 13.1. The quantitative estimate of drug-likeness (QED) is 0.790. The van der Waals surface area contributed by atoms with Crippen molar-refractivity contribution in [3.63, 3.8) is 0 Å². The Morgan fingerprint density at radius 1 is 1.07 bits per heavy atom. The number of carbonyl (C=O) groups is 1. The van der Waals surface area contributed by atoms with Gasteiger partial charge in [0.2, 0.25) is 5.91 Å². The number of likely N-dealkylation sites (tertiary alicyclic amines) is 2. The fourth-order valence-electron chi connectivity index (χ4n) is 4.79. The number of pyridine rings is 1. The maximum atomic E-state index is 13.1. The van der Waals surface area contributed by atoms with Gasteiger partial charge in [-0.05, 0) is 70.4 Å². The van der Waals surface area contributed by atoms with Gasteiger partial charge in [0.15, 0.2) is 0 Å². The predicted octanol–water partition coefficient (Wildman–Crippen LogP) is 4.03. The van der Waals surface area contributed by atoms with Crippen LogP contribution in [0.3, 0.4) is 0 Å². The second-order valence-electron chi connectivity index (χ2n) is 8.92. The highest BCUT2D eigenvalue weighted by molar-refractivity contribution is 5.79. The van der Waals surface area contributed by atoms with Crippen LogP contribution in [-0.2, 0) is 11.2 Å². The molecule has 0 radical (unpaired) electrons. The van der Waals surface area contributed by atoms with Crippen LogP contribution >= 0.6 is 0 Å². The molecule has 3 heterocycles. The first kappa shape index (κ1) is 20.1. The van der Waals surface area contributed by atoms with Crippen LogP contribution in [0.2, 0.25) is 0 Å². The monoisotopic (exact) mass is 391 g/mol. The summed E-state index contributed by atoms with van der Waals surface area (Å²) in [5.74, 6) is 0.945. The zero-order chi connectivity index (χ0) is 20.2. The van der Waals surface area contributed by atoms with Crippen LogP contribution in [0, 0.1) is 12.8 Å². The molecule has 0 spiro atoms. The van der Waals surface area contributed by atoms with Gasteiger partial charge in [0.1, 0.15) is 0 Å². The summed E-state index contributed by atoms with van der Waals surface area (Å²) in [6, 6.07) is 15.0. The smallest absolute Gasteiger partial charge is 0.225 e. The second kappa shape index (κ2) is 9.08. The Morgan fingerprint density at radius 2 is 1.86 bits per heavy atom. The lowest BCUT2D eigenvalue weighted by atomic mass is 9.90. The summed E-state index contributed by atoms with van der Waals surface area (Å²) in [7, 11) is 2.15. The molecule has 29 heavy (non-hydrogen) atoms. The molecule has 2 aliphatic rings. The molecule has 2 aromatic rings. The molecule has 0 bridgehead atoms. The van der Waals surface area contributed by atoms with E-state index in [1.54, 1.807) is 0 Å². The van der Waals surface area contributed by atoms with E-state index < -0.39 is 0 Å². The molecule has 0 aliphatic carbocycles. The Labute approximate surface area is 174 Å². The van der Waals surface area contributed by atoms with E-state index in [2.05, 4.69) is 66.2 Å². The van der Waals surface area contributed by atoms with Gasteiger partial charge in [-0.25, -0.2) is 0 Å². The number of aryl methyl sites for hydroxylation is 1. The molecule has 1 amide bonds. The Morgan fingerprint density at radius 3 is 2.66 bits per heavy atom. The van der Waals surface area contributed by atoms with E-state index in [0.717, 1.165) is 69.7 Å². The van der Waals surface area contributed by atoms with Gasteiger partial charge in [-0.3, -0.25) is 9.78 Å². The van der Waals surface area contributed by atoms with Crippen molar-refractivity contribution in [1.29, 1.82) is 0 Å². The Balaban J connectivity index is 1.42. The highest BCUT2D eigenvalue weighted by atomic mass is 16.2. The number of hydrogen-bond donors (Lipinski definition) is 0. The number of nitrogens with zero attached hydrogens (tertiary/aromatic N) is 3. The van der Waals surface area contributed by atoms with Crippen LogP contribution in [-0.4, -0.2) is 53.9 Å². The Hall–Kier alpha value is -2.20. The molecule has 4 heteroatoms. The van der Waals surface area contributed by atoms with E-state index in [0.29, 0.717) is 11.8 Å². The van der Waals surface area contributed by atoms with Gasteiger partial charge in [-0.1, -0.05) is 35.9 Å². The van der Waals surface area contributed by atoms with Gasteiger partial charge >= 0.3 is 0 Å². The van der Waals surface area contributed by atoms with Gasteiger partial charge in [0.05, 0.1) is 0 Å². The molecule has 2 fully saturated rings. The molecule has 1 aromatic heterocycles. The average molecular weight is 392 g/mol.